The second-order valence-corrected chi connectivity index (χ2v) is 6.45. The molecule has 3 rings (SSSR count). The Bertz CT molecular complexity index is 888. The second-order valence-electron chi connectivity index (χ2n) is 6.02. The maximum atomic E-state index is 9.30. The second kappa shape index (κ2) is 8.12. The number of rotatable bonds is 6. The van der Waals surface area contributed by atoms with E-state index in [0.29, 0.717) is 16.8 Å². The summed E-state index contributed by atoms with van der Waals surface area (Å²) in [5.74, 6) is 1.05. The highest BCUT2D eigenvalue weighted by Crippen LogP contribution is 2.26. The van der Waals surface area contributed by atoms with E-state index in [1.54, 1.807) is 12.4 Å². The largest absolute Gasteiger partial charge is 0.394 e. The van der Waals surface area contributed by atoms with Crippen LogP contribution in [-0.4, -0.2) is 32.7 Å². The van der Waals surface area contributed by atoms with Crippen LogP contribution in [-0.2, 0) is 0 Å². The van der Waals surface area contributed by atoms with Crippen LogP contribution in [0, 0.1) is 6.92 Å². The Hall–Kier alpha value is -2.70. The number of aromatic nitrogens is 3. The van der Waals surface area contributed by atoms with E-state index in [2.05, 4.69) is 25.6 Å². The van der Waals surface area contributed by atoms with Gasteiger partial charge in [0.05, 0.1) is 12.3 Å². The summed E-state index contributed by atoms with van der Waals surface area (Å²) in [5, 5.41) is 16.3. The SMILES string of the molecule is Cc1ccc(Cl)cc1Nc1cc(-c2cccnc2)nc(N[C@H](C)CO)n1. The topological polar surface area (TPSA) is 83.0 Å². The molecule has 7 heteroatoms. The molecule has 3 N–H and O–H groups in total. The number of halogens is 1. The highest BCUT2D eigenvalue weighted by molar-refractivity contribution is 6.30. The van der Waals surface area contributed by atoms with Crippen molar-refractivity contribution in [2.75, 3.05) is 17.2 Å². The zero-order valence-corrected chi connectivity index (χ0v) is 15.3. The van der Waals surface area contributed by atoms with Crippen molar-refractivity contribution in [1.29, 1.82) is 0 Å². The first-order valence-electron chi connectivity index (χ1n) is 8.25. The number of aliphatic hydroxyl groups is 1. The van der Waals surface area contributed by atoms with Crippen LogP contribution in [0.5, 0.6) is 0 Å². The third kappa shape index (κ3) is 4.47. The summed E-state index contributed by atoms with van der Waals surface area (Å²) in [4.78, 5) is 13.2. The van der Waals surface area contributed by atoms with Gasteiger partial charge in [-0.2, -0.15) is 4.98 Å². The average Bonchev–Trinajstić information content (AvgIpc) is 2.65. The fourth-order valence-corrected chi connectivity index (χ4v) is 2.54. The minimum atomic E-state index is -0.167. The first-order valence-corrected chi connectivity index (χ1v) is 8.63. The van der Waals surface area contributed by atoms with Crippen molar-refractivity contribution in [3.8, 4) is 11.3 Å². The maximum absolute atomic E-state index is 9.30. The zero-order valence-electron chi connectivity index (χ0n) is 14.6. The van der Waals surface area contributed by atoms with Gasteiger partial charge in [-0.3, -0.25) is 4.98 Å². The van der Waals surface area contributed by atoms with E-state index in [4.69, 9.17) is 11.6 Å². The number of hydrogen-bond acceptors (Lipinski definition) is 6. The molecule has 1 atom stereocenters. The Morgan fingerprint density at radius 1 is 1.19 bits per heavy atom. The summed E-state index contributed by atoms with van der Waals surface area (Å²) in [7, 11) is 0. The molecule has 0 spiro atoms. The molecule has 2 heterocycles. The van der Waals surface area contributed by atoms with Crippen LogP contribution in [0.2, 0.25) is 5.02 Å². The number of nitrogens with one attached hydrogen (secondary N) is 2. The van der Waals surface area contributed by atoms with Crippen LogP contribution in [0.4, 0.5) is 17.5 Å². The highest BCUT2D eigenvalue weighted by atomic mass is 35.5. The molecule has 0 aliphatic rings. The molecule has 2 aromatic heterocycles. The first-order chi connectivity index (χ1) is 12.5. The van der Waals surface area contributed by atoms with Gasteiger partial charge in [0.15, 0.2) is 0 Å². The molecule has 3 aromatic rings. The smallest absolute Gasteiger partial charge is 0.225 e. The summed E-state index contributed by atoms with van der Waals surface area (Å²) in [6, 6.07) is 11.1. The number of benzene rings is 1. The number of hydrogen-bond donors (Lipinski definition) is 3. The van der Waals surface area contributed by atoms with E-state index < -0.39 is 0 Å². The molecule has 26 heavy (non-hydrogen) atoms. The lowest BCUT2D eigenvalue weighted by Gasteiger charge is -2.15. The van der Waals surface area contributed by atoms with Gasteiger partial charge in [-0.15, -0.1) is 0 Å². The third-order valence-electron chi connectivity index (χ3n) is 3.80. The monoisotopic (exact) mass is 369 g/mol. The van der Waals surface area contributed by atoms with Crippen molar-refractivity contribution < 1.29 is 5.11 Å². The van der Waals surface area contributed by atoms with Crippen LogP contribution in [0.15, 0.2) is 48.8 Å². The van der Waals surface area contributed by atoms with Crippen molar-refractivity contribution in [1.82, 2.24) is 15.0 Å². The Morgan fingerprint density at radius 3 is 2.77 bits per heavy atom. The molecule has 1 aromatic carbocycles. The molecule has 0 aliphatic carbocycles. The van der Waals surface area contributed by atoms with E-state index in [1.165, 1.54) is 0 Å². The molecule has 0 saturated heterocycles. The Kier molecular flexibility index (Phi) is 5.65. The molecule has 0 saturated carbocycles. The number of anilines is 3. The fraction of sp³-hybridized carbons (Fsp3) is 0.211. The first kappa shape index (κ1) is 18.1. The highest BCUT2D eigenvalue weighted by Gasteiger charge is 2.10. The van der Waals surface area contributed by atoms with Crippen LogP contribution in [0.3, 0.4) is 0 Å². The molecule has 0 fully saturated rings. The van der Waals surface area contributed by atoms with Gasteiger partial charge in [0, 0.05) is 40.8 Å². The van der Waals surface area contributed by atoms with Crippen molar-refractivity contribution >= 4 is 29.1 Å². The van der Waals surface area contributed by atoms with Crippen molar-refractivity contribution in [3.63, 3.8) is 0 Å². The maximum Gasteiger partial charge on any atom is 0.225 e. The molecular formula is C19H20ClN5O. The molecule has 0 radical (unpaired) electrons. The van der Waals surface area contributed by atoms with Crippen LogP contribution in [0.25, 0.3) is 11.3 Å². The van der Waals surface area contributed by atoms with E-state index >= 15 is 0 Å². The minimum absolute atomic E-state index is 0.0172. The lowest BCUT2D eigenvalue weighted by atomic mass is 10.2. The lowest BCUT2D eigenvalue weighted by molar-refractivity contribution is 0.281. The zero-order chi connectivity index (χ0) is 18.5. The van der Waals surface area contributed by atoms with Gasteiger partial charge in [0.1, 0.15) is 5.82 Å². The standard InChI is InChI=1S/C19H20ClN5O/c1-12-5-6-15(20)8-16(12)23-18-9-17(14-4-3-7-21-10-14)24-19(25-18)22-13(2)11-26/h3-10,13,26H,11H2,1-2H3,(H2,22,23,24,25)/t13-/m1/s1. The Labute approximate surface area is 157 Å². The molecular weight excluding hydrogens is 350 g/mol. The van der Waals surface area contributed by atoms with Gasteiger partial charge < -0.3 is 15.7 Å². The Balaban J connectivity index is 2.00. The fourth-order valence-electron chi connectivity index (χ4n) is 2.37. The predicted octanol–water partition coefficient (Wildman–Crippen LogP) is 4.04. The van der Waals surface area contributed by atoms with Gasteiger partial charge in [-0.25, -0.2) is 4.98 Å². The summed E-state index contributed by atoms with van der Waals surface area (Å²) in [5.41, 5.74) is 3.52. The molecule has 0 unspecified atom stereocenters. The van der Waals surface area contributed by atoms with Crippen molar-refractivity contribution in [2.24, 2.45) is 0 Å². The minimum Gasteiger partial charge on any atom is -0.394 e. The molecule has 0 bridgehead atoms. The van der Waals surface area contributed by atoms with Crippen LogP contribution in [0.1, 0.15) is 12.5 Å². The summed E-state index contributed by atoms with van der Waals surface area (Å²) in [6.07, 6.45) is 3.46. The van der Waals surface area contributed by atoms with E-state index in [0.717, 1.165) is 22.5 Å². The van der Waals surface area contributed by atoms with Gasteiger partial charge in [-0.05, 0) is 43.7 Å². The summed E-state index contributed by atoms with van der Waals surface area (Å²) in [6.45, 7) is 3.83. The lowest BCUT2D eigenvalue weighted by Crippen LogP contribution is -2.21. The van der Waals surface area contributed by atoms with Crippen molar-refractivity contribution in [2.45, 2.75) is 19.9 Å². The van der Waals surface area contributed by atoms with Gasteiger partial charge in [-0.1, -0.05) is 17.7 Å². The quantitative estimate of drug-likeness (QED) is 0.608. The predicted molar refractivity (Wildman–Crippen MR) is 105 cm³/mol. The molecule has 6 nitrogen and oxygen atoms in total. The number of aryl methyl sites for hydroxylation is 1. The summed E-state index contributed by atoms with van der Waals surface area (Å²) < 4.78 is 0. The van der Waals surface area contributed by atoms with E-state index in [1.807, 2.05) is 50.2 Å². The molecule has 0 amide bonds. The van der Waals surface area contributed by atoms with Gasteiger partial charge >= 0.3 is 0 Å². The third-order valence-corrected chi connectivity index (χ3v) is 4.03. The number of pyridine rings is 1. The molecule has 0 aliphatic heterocycles. The number of aliphatic hydroxyl groups excluding tert-OH is 1. The van der Waals surface area contributed by atoms with Crippen molar-refractivity contribution in [3.05, 3.63) is 59.4 Å². The van der Waals surface area contributed by atoms with E-state index in [-0.39, 0.29) is 12.6 Å². The van der Waals surface area contributed by atoms with E-state index in [9.17, 15) is 5.11 Å². The van der Waals surface area contributed by atoms with Gasteiger partial charge in [0.2, 0.25) is 5.95 Å². The normalized spacial score (nSPS) is 11.8. The van der Waals surface area contributed by atoms with Crippen LogP contribution < -0.4 is 10.6 Å². The van der Waals surface area contributed by atoms with Crippen LogP contribution >= 0.6 is 11.6 Å². The number of nitrogens with zero attached hydrogens (tertiary/aromatic N) is 3. The average molecular weight is 370 g/mol. The van der Waals surface area contributed by atoms with Gasteiger partial charge in [0.25, 0.3) is 0 Å². The molecule has 134 valence electrons. The summed E-state index contributed by atoms with van der Waals surface area (Å²) >= 11 is 6.11. The Morgan fingerprint density at radius 2 is 2.04 bits per heavy atom.